The molecular formula is C15H13ClN2. The molecule has 90 valence electrons. The second-order valence-electron chi connectivity index (χ2n) is 4.12. The van der Waals surface area contributed by atoms with Crippen LogP contribution in [0.1, 0.15) is 11.1 Å². The summed E-state index contributed by atoms with van der Waals surface area (Å²) in [7, 11) is 2.00. The summed E-state index contributed by atoms with van der Waals surface area (Å²) in [5.74, 6) is 0. The summed E-state index contributed by atoms with van der Waals surface area (Å²) in [6.45, 7) is 0.809. The molecule has 0 aromatic heterocycles. The van der Waals surface area contributed by atoms with Crippen molar-refractivity contribution in [2.45, 2.75) is 6.54 Å². The van der Waals surface area contributed by atoms with Crippen molar-refractivity contribution in [3.63, 3.8) is 0 Å². The zero-order chi connectivity index (χ0) is 13.0. The maximum Gasteiger partial charge on any atom is 0.101 e. The van der Waals surface area contributed by atoms with Crippen molar-refractivity contribution in [1.82, 2.24) is 0 Å². The molecular weight excluding hydrogens is 244 g/mol. The van der Waals surface area contributed by atoms with Crippen LogP contribution in [0.3, 0.4) is 0 Å². The Hall–Kier alpha value is -1.98. The summed E-state index contributed by atoms with van der Waals surface area (Å²) in [5, 5.41) is 9.33. The molecule has 18 heavy (non-hydrogen) atoms. The van der Waals surface area contributed by atoms with E-state index in [9.17, 15) is 0 Å². The third-order valence-electron chi connectivity index (χ3n) is 2.78. The highest BCUT2D eigenvalue weighted by Gasteiger charge is 2.05. The fraction of sp³-hybridized carbons (Fsp3) is 0.133. The SMILES string of the molecule is CN(Cc1ccccc1)c1ccc(C#N)c(Cl)c1. The average Bonchev–Trinajstić information content (AvgIpc) is 2.39. The average molecular weight is 257 g/mol. The van der Waals surface area contributed by atoms with Gasteiger partial charge >= 0.3 is 0 Å². The minimum absolute atomic E-state index is 0.495. The number of rotatable bonds is 3. The first-order valence-corrected chi connectivity index (χ1v) is 6.03. The van der Waals surface area contributed by atoms with Gasteiger partial charge in [0.2, 0.25) is 0 Å². The number of hydrogen-bond donors (Lipinski definition) is 0. The summed E-state index contributed by atoms with van der Waals surface area (Å²) in [6.07, 6.45) is 0. The molecule has 0 spiro atoms. The lowest BCUT2D eigenvalue weighted by Crippen LogP contribution is -2.16. The Bertz CT molecular complexity index is 573. The number of benzene rings is 2. The van der Waals surface area contributed by atoms with E-state index in [0.717, 1.165) is 12.2 Å². The van der Waals surface area contributed by atoms with Crippen molar-refractivity contribution in [1.29, 1.82) is 5.26 Å². The summed E-state index contributed by atoms with van der Waals surface area (Å²) in [5.41, 5.74) is 2.75. The van der Waals surface area contributed by atoms with Gasteiger partial charge in [0, 0.05) is 19.3 Å². The molecule has 0 heterocycles. The van der Waals surface area contributed by atoms with Gasteiger partial charge in [-0.2, -0.15) is 5.26 Å². The lowest BCUT2D eigenvalue weighted by Gasteiger charge is -2.19. The Balaban J connectivity index is 2.17. The maximum atomic E-state index is 8.84. The molecule has 2 nitrogen and oxygen atoms in total. The predicted octanol–water partition coefficient (Wildman–Crippen LogP) is 3.85. The highest BCUT2D eigenvalue weighted by molar-refractivity contribution is 6.32. The number of halogens is 1. The van der Waals surface area contributed by atoms with Gasteiger partial charge in [-0.3, -0.25) is 0 Å². The standard InChI is InChI=1S/C15H13ClN2/c1-18(11-12-5-3-2-4-6-12)14-8-7-13(10-17)15(16)9-14/h2-9H,11H2,1H3. The monoisotopic (exact) mass is 256 g/mol. The quantitative estimate of drug-likeness (QED) is 0.834. The van der Waals surface area contributed by atoms with E-state index < -0.39 is 0 Å². The molecule has 0 saturated heterocycles. The summed E-state index contributed by atoms with van der Waals surface area (Å²) >= 11 is 6.03. The van der Waals surface area contributed by atoms with Crippen LogP contribution in [0.2, 0.25) is 5.02 Å². The zero-order valence-electron chi connectivity index (χ0n) is 10.1. The van der Waals surface area contributed by atoms with Crippen LogP contribution >= 0.6 is 11.6 Å². The molecule has 0 fully saturated rings. The van der Waals surface area contributed by atoms with Crippen molar-refractivity contribution >= 4 is 17.3 Å². The molecule has 0 unspecified atom stereocenters. The third-order valence-corrected chi connectivity index (χ3v) is 3.09. The Morgan fingerprint density at radius 2 is 1.89 bits per heavy atom. The largest absolute Gasteiger partial charge is 0.370 e. The van der Waals surface area contributed by atoms with Crippen LogP contribution in [0.25, 0.3) is 0 Å². The minimum atomic E-state index is 0.495. The van der Waals surface area contributed by atoms with Crippen LogP contribution in [0.15, 0.2) is 48.5 Å². The first kappa shape index (κ1) is 12.5. The van der Waals surface area contributed by atoms with E-state index in [-0.39, 0.29) is 0 Å². The molecule has 0 N–H and O–H groups in total. The van der Waals surface area contributed by atoms with Crippen LogP contribution in [-0.4, -0.2) is 7.05 Å². The van der Waals surface area contributed by atoms with E-state index in [0.29, 0.717) is 10.6 Å². The Morgan fingerprint density at radius 3 is 2.50 bits per heavy atom. The zero-order valence-corrected chi connectivity index (χ0v) is 10.9. The van der Waals surface area contributed by atoms with Crippen molar-refractivity contribution in [2.24, 2.45) is 0 Å². The van der Waals surface area contributed by atoms with Crippen LogP contribution in [0.5, 0.6) is 0 Å². The van der Waals surface area contributed by atoms with Gasteiger partial charge in [0.25, 0.3) is 0 Å². The van der Waals surface area contributed by atoms with E-state index in [1.165, 1.54) is 5.56 Å². The number of nitriles is 1. The van der Waals surface area contributed by atoms with E-state index in [4.69, 9.17) is 16.9 Å². The molecule has 2 aromatic rings. The Kier molecular flexibility index (Phi) is 3.86. The summed E-state index contributed by atoms with van der Waals surface area (Å²) in [4.78, 5) is 2.10. The van der Waals surface area contributed by atoms with Gasteiger partial charge in [-0.25, -0.2) is 0 Å². The molecule has 3 heteroatoms. The van der Waals surface area contributed by atoms with Gasteiger partial charge in [0.1, 0.15) is 6.07 Å². The third kappa shape index (κ3) is 2.82. The first-order chi connectivity index (χ1) is 8.70. The van der Waals surface area contributed by atoms with E-state index in [1.54, 1.807) is 6.07 Å². The summed E-state index contributed by atoms with van der Waals surface area (Å²) < 4.78 is 0. The second kappa shape index (κ2) is 5.57. The van der Waals surface area contributed by atoms with Crippen LogP contribution < -0.4 is 4.90 Å². The highest BCUT2D eigenvalue weighted by Crippen LogP contribution is 2.23. The van der Waals surface area contributed by atoms with Crippen molar-refractivity contribution < 1.29 is 0 Å². The van der Waals surface area contributed by atoms with Crippen LogP contribution in [0, 0.1) is 11.3 Å². The van der Waals surface area contributed by atoms with Gasteiger partial charge in [-0.1, -0.05) is 41.9 Å². The van der Waals surface area contributed by atoms with Crippen molar-refractivity contribution in [3.05, 3.63) is 64.7 Å². The van der Waals surface area contributed by atoms with E-state index >= 15 is 0 Å². The Labute approximate surface area is 112 Å². The Morgan fingerprint density at radius 1 is 1.17 bits per heavy atom. The topological polar surface area (TPSA) is 27.0 Å². The second-order valence-corrected chi connectivity index (χ2v) is 4.52. The molecule has 0 aliphatic carbocycles. The molecule has 2 rings (SSSR count). The molecule has 0 aliphatic heterocycles. The molecule has 0 bridgehead atoms. The normalized spacial score (nSPS) is 9.83. The molecule has 0 atom stereocenters. The van der Waals surface area contributed by atoms with Crippen molar-refractivity contribution in [2.75, 3.05) is 11.9 Å². The van der Waals surface area contributed by atoms with Gasteiger partial charge < -0.3 is 4.90 Å². The number of anilines is 1. The fourth-order valence-electron chi connectivity index (χ4n) is 1.78. The van der Waals surface area contributed by atoms with Gasteiger partial charge in [0.05, 0.1) is 10.6 Å². The van der Waals surface area contributed by atoms with Crippen molar-refractivity contribution in [3.8, 4) is 6.07 Å². The molecule has 0 radical (unpaired) electrons. The number of hydrogen-bond acceptors (Lipinski definition) is 2. The lowest BCUT2D eigenvalue weighted by atomic mass is 10.2. The van der Waals surface area contributed by atoms with Crippen LogP contribution in [0.4, 0.5) is 5.69 Å². The maximum absolute atomic E-state index is 8.84. The van der Waals surface area contributed by atoms with Crippen LogP contribution in [-0.2, 0) is 6.54 Å². The van der Waals surface area contributed by atoms with E-state index in [2.05, 4.69) is 23.1 Å². The lowest BCUT2D eigenvalue weighted by molar-refractivity contribution is 0.923. The fourth-order valence-corrected chi connectivity index (χ4v) is 2.00. The molecule has 0 aliphatic rings. The van der Waals surface area contributed by atoms with Gasteiger partial charge in [-0.15, -0.1) is 0 Å². The number of nitrogens with zero attached hydrogens (tertiary/aromatic N) is 2. The van der Waals surface area contributed by atoms with Gasteiger partial charge in [-0.05, 0) is 23.8 Å². The highest BCUT2D eigenvalue weighted by atomic mass is 35.5. The smallest absolute Gasteiger partial charge is 0.101 e. The molecule has 0 amide bonds. The molecule has 2 aromatic carbocycles. The van der Waals surface area contributed by atoms with Gasteiger partial charge in [0.15, 0.2) is 0 Å². The predicted molar refractivity (Wildman–Crippen MR) is 74.7 cm³/mol. The van der Waals surface area contributed by atoms with E-state index in [1.807, 2.05) is 37.4 Å². The first-order valence-electron chi connectivity index (χ1n) is 5.65. The molecule has 0 saturated carbocycles. The minimum Gasteiger partial charge on any atom is -0.370 e. The summed E-state index contributed by atoms with van der Waals surface area (Å²) in [6, 6.07) is 17.8.